The minimum atomic E-state index is -0.170. The molecule has 0 spiro atoms. The van der Waals surface area contributed by atoms with Gasteiger partial charge in [-0.25, -0.2) is 4.39 Å². The van der Waals surface area contributed by atoms with Crippen LogP contribution in [-0.4, -0.2) is 23.3 Å². The van der Waals surface area contributed by atoms with Gasteiger partial charge in [0.1, 0.15) is 11.6 Å². The van der Waals surface area contributed by atoms with Gasteiger partial charge in [0.15, 0.2) is 0 Å². The fourth-order valence-corrected chi connectivity index (χ4v) is 3.98. The Bertz CT molecular complexity index is 528. The number of likely N-dealkylation sites (tertiary alicyclic amines) is 1. The van der Waals surface area contributed by atoms with Crippen LogP contribution in [-0.2, 0) is 11.3 Å². The van der Waals surface area contributed by atoms with Crippen LogP contribution in [0.4, 0.5) is 4.39 Å². The van der Waals surface area contributed by atoms with E-state index in [1.807, 2.05) is 13.0 Å². The number of aryl methyl sites for hydroxylation is 1. The van der Waals surface area contributed by atoms with E-state index in [0.29, 0.717) is 11.8 Å². The predicted octanol–water partition coefficient (Wildman–Crippen LogP) is 3.86. The van der Waals surface area contributed by atoms with Crippen molar-refractivity contribution in [3.63, 3.8) is 0 Å². The van der Waals surface area contributed by atoms with Crippen LogP contribution in [0.2, 0.25) is 0 Å². The van der Waals surface area contributed by atoms with Crippen LogP contribution in [0.15, 0.2) is 18.2 Å². The number of carbonyl (C=O) groups excluding carboxylic acids is 1. The first-order chi connectivity index (χ1) is 10.1. The molecule has 1 saturated carbocycles. The summed E-state index contributed by atoms with van der Waals surface area (Å²) in [6, 6.07) is 5.44. The van der Waals surface area contributed by atoms with E-state index in [-0.39, 0.29) is 11.7 Å². The molecule has 1 saturated heterocycles. The highest BCUT2D eigenvalue weighted by atomic mass is 19.1. The highest BCUT2D eigenvalue weighted by Crippen LogP contribution is 2.33. The molecule has 0 N–H and O–H groups in total. The average molecular weight is 289 g/mol. The highest BCUT2D eigenvalue weighted by molar-refractivity contribution is 5.82. The standard InChI is InChI=1S/C18H24FNO/c1-13-11-15(19)9-8-14(13)12-20-10-4-6-17(20)16-5-2-3-7-18(16)21/h8-9,11,16-17H,2-7,10,12H2,1H3. The van der Waals surface area contributed by atoms with Crippen LogP contribution in [0.25, 0.3) is 0 Å². The van der Waals surface area contributed by atoms with E-state index in [1.54, 1.807) is 12.1 Å². The van der Waals surface area contributed by atoms with E-state index >= 15 is 0 Å². The lowest BCUT2D eigenvalue weighted by Gasteiger charge is -2.33. The fourth-order valence-electron chi connectivity index (χ4n) is 3.98. The molecule has 2 nitrogen and oxygen atoms in total. The lowest BCUT2D eigenvalue weighted by molar-refractivity contribution is -0.126. The molecule has 1 aliphatic heterocycles. The van der Waals surface area contributed by atoms with Crippen molar-refractivity contribution >= 4 is 5.78 Å². The number of halogens is 1. The molecule has 2 aliphatic rings. The lowest BCUT2D eigenvalue weighted by atomic mass is 9.81. The summed E-state index contributed by atoms with van der Waals surface area (Å²) in [6.45, 7) is 3.88. The topological polar surface area (TPSA) is 20.3 Å². The van der Waals surface area contributed by atoms with Gasteiger partial charge in [0, 0.05) is 24.9 Å². The molecular formula is C18H24FNO. The summed E-state index contributed by atoms with van der Waals surface area (Å²) < 4.78 is 13.2. The number of ketones is 1. The molecule has 2 unspecified atom stereocenters. The van der Waals surface area contributed by atoms with Crippen molar-refractivity contribution in [1.82, 2.24) is 4.90 Å². The van der Waals surface area contributed by atoms with Gasteiger partial charge >= 0.3 is 0 Å². The predicted molar refractivity (Wildman–Crippen MR) is 81.5 cm³/mol. The van der Waals surface area contributed by atoms with Crippen molar-refractivity contribution in [3.05, 3.63) is 35.1 Å². The Morgan fingerprint density at radius 2 is 2.10 bits per heavy atom. The highest BCUT2D eigenvalue weighted by Gasteiger charge is 2.36. The monoisotopic (exact) mass is 289 g/mol. The number of carbonyl (C=O) groups is 1. The third-order valence-corrected chi connectivity index (χ3v) is 5.16. The Morgan fingerprint density at radius 1 is 1.24 bits per heavy atom. The van der Waals surface area contributed by atoms with Crippen molar-refractivity contribution in [2.75, 3.05) is 6.54 Å². The van der Waals surface area contributed by atoms with Crippen LogP contribution in [0.1, 0.15) is 49.7 Å². The van der Waals surface area contributed by atoms with Crippen molar-refractivity contribution in [2.24, 2.45) is 5.92 Å². The molecule has 1 aliphatic carbocycles. The van der Waals surface area contributed by atoms with E-state index in [9.17, 15) is 9.18 Å². The van der Waals surface area contributed by atoms with Gasteiger partial charge in [-0.3, -0.25) is 9.69 Å². The van der Waals surface area contributed by atoms with E-state index in [0.717, 1.165) is 44.3 Å². The molecule has 21 heavy (non-hydrogen) atoms. The smallest absolute Gasteiger partial charge is 0.137 e. The van der Waals surface area contributed by atoms with Gasteiger partial charge < -0.3 is 0 Å². The summed E-state index contributed by atoms with van der Waals surface area (Å²) in [5, 5.41) is 0. The van der Waals surface area contributed by atoms with Crippen molar-refractivity contribution in [1.29, 1.82) is 0 Å². The number of nitrogens with zero attached hydrogens (tertiary/aromatic N) is 1. The van der Waals surface area contributed by atoms with Gasteiger partial charge in [-0.2, -0.15) is 0 Å². The number of hydrogen-bond donors (Lipinski definition) is 0. The second-order valence-electron chi connectivity index (χ2n) is 6.57. The van der Waals surface area contributed by atoms with Crippen molar-refractivity contribution < 1.29 is 9.18 Å². The Balaban J connectivity index is 1.73. The fraction of sp³-hybridized carbons (Fsp3) is 0.611. The van der Waals surface area contributed by atoms with Gasteiger partial charge in [-0.15, -0.1) is 0 Å². The first kappa shape index (κ1) is 14.7. The largest absolute Gasteiger partial charge is 0.299 e. The van der Waals surface area contributed by atoms with Crippen LogP contribution in [0, 0.1) is 18.7 Å². The SMILES string of the molecule is Cc1cc(F)ccc1CN1CCCC1C1CCCCC1=O. The molecular weight excluding hydrogens is 265 g/mol. The normalized spacial score (nSPS) is 27.2. The number of benzene rings is 1. The molecule has 0 aromatic heterocycles. The first-order valence-corrected chi connectivity index (χ1v) is 8.17. The molecule has 1 aromatic rings. The van der Waals surface area contributed by atoms with Crippen LogP contribution < -0.4 is 0 Å². The Morgan fingerprint density at radius 3 is 2.86 bits per heavy atom. The molecule has 0 bridgehead atoms. The molecule has 0 amide bonds. The van der Waals surface area contributed by atoms with E-state index in [2.05, 4.69) is 4.90 Å². The number of hydrogen-bond acceptors (Lipinski definition) is 2. The van der Waals surface area contributed by atoms with Gasteiger partial charge in [0.25, 0.3) is 0 Å². The maximum Gasteiger partial charge on any atom is 0.137 e. The molecule has 2 fully saturated rings. The first-order valence-electron chi connectivity index (χ1n) is 8.17. The molecule has 3 rings (SSSR count). The zero-order valence-corrected chi connectivity index (χ0v) is 12.8. The van der Waals surface area contributed by atoms with E-state index < -0.39 is 0 Å². The van der Waals surface area contributed by atoms with Crippen LogP contribution in [0.3, 0.4) is 0 Å². The van der Waals surface area contributed by atoms with Gasteiger partial charge in [-0.1, -0.05) is 12.5 Å². The van der Waals surface area contributed by atoms with Gasteiger partial charge in [-0.05, 0) is 62.4 Å². The zero-order chi connectivity index (χ0) is 14.8. The molecule has 2 atom stereocenters. The average Bonchev–Trinajstić information content (AvgIpc) is 2.90. The van der Waals surface area contributed by atoms with Gasteiger partial charge in [0.2, 0.25) is 0 Å². The minimum Gasteiger partial charge on any atom is -0.299 e. The molecule has 3 heteroatoms. The van der Waals surface area contributed by atoms with Crippen LogP contribution >= 0.6 is 0 Å². The molecule has 1 heterocycles. The molecule has 0 radical (unpaired) electrons. The van der Waals surface area contributed by atoms with Crippen LogP contribution in [0.5, 0.6) is 0 Å². The summed E-state index contributed by atoms with van der Waals surface area (Å²) >= 11 is 0. The summed E-state index contributed by atoms with van der Waals surface area (Å²) in [7, 11) is 0. The van der Waals surface area contributed by atoms with E-state index in [4.69, 9.17) is 0 Å². The summed E-state index contributed by atoms with van der Waals surface area (Å²) in [6.07, 6.45) is 6.40. The number of Topliss-reactive ketones (excluding diaryl/α,β-unsaturated/α-hetero) is 1. The summed E-state index contributed by atoms with van der Waals surface area (Å²) in [5.74, 6) is 0.535. The Labute approximate surface area is 126 Å². The van der Waals surface area contributed by atoms with Crippen molar-refractivity contribution in [3.8, 4) is 0 Å². The Kier molecular flexibility index (Phi) is 4.39. The summed E-state index contributed by atoms with van der Waals surface area (Å²) in [5.41, 5.74) is 2.20. The third-order valence-electron chi connectivity index (χ3n) is 5.16. The maximum atomic E-state index is 13.2. The van der Waals surface area contributed by atoms with E-state index in [1.165, 1.54) is 18.4 Å². The van der Waals surface area contributed by atoms with Gasteiger partial charge in [0.05, 0.1) is 0 Å². The van der Waals surface area contributed by atoms with Crippen molar-refractivity contribution in [2.45, 2.75) is 58.0 Å². The minimum absolute atomic E-state index is 0.170. The zero-order valence-electron chi connectivity index (χ0n) is 12.8. The second kappa shape index (κ2) is 6.27. The second-order valence-corrected chi connectivity index (χ2v) is 6.57. The summed E-state index contributed by atoms with van der Waals surface area (Å²) in [4.78, 5) is 14.7. The molecule has 1 aromatic carbocycles. The Hall–Kier alpha value is -1.22. The maximum absolute atomic E-state index is 13.2. The quantitative estimate of drug-likeness (QED) is 0.842. The molecule has 114 valence electrons. The number of rotatable bonds is 3. The third kappa shape index (κ3) is 3.18. The lowest BCUT2D eigenvalue weighted by Crippen LogP contribution is -2.40.